The second-order valence-electron chi connectivity index (χ2n) is 3.19. The Morgan fingerprint density at radius 1 is 1.29 bits per heavy atom. The number of aromatic nitrogens is 2. The van der Waals surface area contributed by atoms with Crippen molar-refractivity contribution in [2.75, 3.05) is 11.1 Å². The first kappa shape index (κ1) is 12.1. The summed E-state index contributed by atoms with van der Waals surface area (Å²) >= 11 is 8.76. The highest BCUT2D eigenvalue weighted by Gasteiger charge is 2.04. The molecule has 0 fully saturated rings. The summed E-state index contributed by atoms with van der Waals surface area (Å²) in [5, 5.41) is 2.88. The molecule has 17 heavy (non-hydrogen) atoms. The average molecular weight is 318 g/mol. The Balaban J connectivity index is 2.28. The number of halogens is 3. The van der Waals surface area contributed by atoms with Gasteiger partial charge in [0.2, 0.25) is 5.95 Å². The SMILES string of the molecule is Nc1cc(Br)nc(Nc2ccc(Cl)c(F)c2)n1. The van der Waals surface area contributed by atoms with E-state index in [0.29, 0.717) is 16.1 Å². The molecule has 0 radical (unpaired) electrons. The molecule has 0 aliphatic heterocycles. The maximum atomic E-state index is 13.2. The number of nitrogens with two attached hydrogens (primary N) is 1. The Kier molecular flexibility index (Phi) is 3.44. The van der Waals surface area contributed by atoms with Gasteiger partial charge in [0.25, 0.3) is 0 Å². The number of hydrogen-bond donors (Lipinski definition) is 2. The maximum Gasteiger partial charge on any atom is 0.230 e. The van der Waals surface area contributed by atoms with Crippen LogP contribution in [0.1, 0.15) is 0 Å². The fourth-order valence-corrected chi connectivity index (χ4v) is 1.71. The summed E-state index contributed by atoms with van der Waals surface area (Å²) in [6, 6.07) is 5.88. The van der Waals surface area contributed by atoms with Gasteiger partial charge in [-0.15, -0.1) is 0 Å². The highest BCUT2D eigenvalue weighted by atomic mass is 79.9. The average Bonchev–Trinajstić information content (AvgIpc) is 2.22. The first-order valence-corrected chi connectivity index (χ1v) is 5.74. The zero-order valence-corrected chi connectivity index (χ0v) is 10.8. The molecule has 4 nitrogen and oxygen atoms in total. The molecule has 2 rings (SSSR count). The van der Waals surface area contributed by atoms with Gasteiger partial charge in [-0.25, -0.2) is 9.37 Å². The van der Waals surface area contributed by atoms with Gasteiger partial charge >= 0.3 is 0 Å². The fraction of sp³-hybridized carbons (Fsp3) is 0. The van der Waals surface area contributed by atoms with E-state index in [1.807, 2.05) is 0 Å². The van der Waals surface area contributed by atoms with E-state index in [9.17, 15) is 4.39 Å². The quantitative estimate of drug-likeness (QED) is 0.834. The van der Waals surface area contributed by atoms with E-state index >= 15 is 0 Å². The third-order valence-electron chi connectivity index (χ3n) is 1.89. The molecule has 0 unspecified atom stereocenters. The summed E-state index contributed by atoms with van der Waals surface area (Å²) < 4.78 is 13.7. The minimum atomic E-state index is -0.514. The molecular weight excluding hydrogens is 310 g/mol. The van der Waals surface area contributed by atoms with Crippen molar-refractivity contribution in [2.24, 2.45) is 0 Å². The molecule has 1 aromatic heterocycles. The summed E-state index contributed by atoms with van der Waals surface area (Å²) in [5.41, 5.74) is 6.04. The van der Waals surface area contributed by atoms with E-state index in [1.54, 1.807) is 12.1 Å². The lowest BCUT2D eigenvalue weighted by Gasteiger charge is -2.06. The minimum absolute atomic E-state index is 0.0604. The molecule has 2 aromatic rings. The zero-order valence-electron chi connectivity index (χ0n) is 8.42. The first-order valence-electron chi connectivity index (χ1n) is 4.57. The Hall–Kier alpha value is -1.40. The van der Waals surface area contributed by atoms with Gasteiger partial charge in [-0.3, -0.25) is 0 Å². The normalized spacial score (nSPS) is 10.3. The summed E-state index contributed by atoms with van der Waals surface area (Å²) in [5.74, 6) is 0.0713. The van der Waals surface area contributed by atoms with E-state index in [4.69, 9.17) is 17.3 Å². The van der Waals surface area contributed by atoms with Crippen LogP contribution in [0.15, 0.2) is 28.9 Å². The molecule has 3 N–H and O–H groups in total. The van der Waals surface area contributed by atoms with Gasteiger partial charge in [-0.1, -0.05) is 11.6 Å². The Morgan fingerprint density at radius 3 is 2.71 bits per heavy atom. The van der Waals surface area contributed by atoms with E-state index in [2.05, 4.69) is 31.2 Å². The van der Waals surface area contributed by atoms with Crippen LogP contribution < -0.4 is 11.1 Å². The van der Waals surface area contributed by atoms with E-state index in [-0.39, 0.29) is 11.0 Å². The number of hydrogen-bond acceptors (Lipinski definition) is 4. The number of nitrogens with zero attached hydrogens (tertiary/aromatic N) is 2. The molecule has 1 aromatic carbocycles. The van der Waals surface area contributed by atoms with Crippen LogP contribution >= 0.6 is 27.5 Å². The molecule has 0 aliphatic carbocycles. The number of nitrogen functional groups attached to an aromatic ring is 1. The van der Waals surface area contributed by atoms with Crippen LogP contribution in [0, 0.1) is 5.82 Å². The summed E-state index contributed by atoms with van der Waals surface area (Å²) in [7, 11) is 0. The van der Waals surface area contributed by atoms with Gasteiger partial charge in [-0.05, 0) is 34.1 Å². The van der Waals surface area contributed by atoms with Crippen molar-refractivity contribution < 1.29 is 4.39 Å². The van der Waals surface area contributed by atoms with Gasteiger partial charge in [0.15, 0.2) is 0 Å². The number of nitrogens with one attached hydrogen (secondary N) is 1. The van der Waals surface area contributed by atoms with Crippen molar-refractivity contribution in [2.45, 2.75) is 0 Å². The molecule has 0 aliphatic rings. The number of rotatable bonds is 2. The number of benzene rings is 1. The minimum Gasteiger partial charge on any atom is -0.383 e. The molecule has 0 saturated carbocycles. The Bertz CT molecular complexity index is 544. The summed E-state index contributed by atoms with van der Waals surface area (Å²) in [6.45, 7) is 0. The number of anilines is 3. The van der Waals surface area contributed by atoms with Crippen LogP contribution in [-0.4, -0.2) is 9.97 Å². The molecule has 0 saturated heterocycles. The Morgan fingerprint density at radius 2 is 2.06 bits per heavy atom. The van der Waals surface area contributed by atoms with Gasteiger partial charge in [0.1, 0.15) is 16.2 Å². The summed E-state index contributed by atoms with van der Waals surface area (Å²) in [4.78, 5) is 7.99. The topological polar surface area (TPSA) is 63.8 Å². The van der Waals surface area contributed by atoms with Crippen LogP contribution in [0.2, 0.25) is 5.02 Å². The van der Waals surface area contributed by atoms with Crippen molar-refractivity contribution in [3.8, 4) is 0 Å². The van der Waals surface area contributed by atoms with E-state index in [1.165, 1.54) is 12.1 Å². The van der Waals surface area contributed by atoms with E-state index < -0.39 is 5.82 Å². The van der Waals surface area contributed by atoms with Gasteiger partial charge in [-0.2, -0.15) is 4.98 Å². The molecule has 0 bridgehead atoms. The highest BCUT2D eigenvalue weighted by molar-refractivity contribution is 9.10. The molecule has 0 spiro atoms. The van der Waals surface area contributed by atoms with Crippen LogP contribution in [0.5, 0.6) is 0 Å². The van der Waals surface area contributed by atoms with Crippen molar-refractivity contribution in [3.05, 3.63) is 39.7 Å². The van der Waals surface area contributed by atoms with Crippen LogP contribution in [-0.2, 0) is 0 Å². The third-order valence-corrected chi connectivity index (χ3v) is 2.60. The van der Waals surface area contributed by atoms with E-state index in [0.717, 1.165) is 0 Å². The molecule has 0 atom stereocenters. The highest BCUT2D eigenvalue weighted by Crippen LogP contribution is 2.21. The predicted molar refractivity (Wildman–Crippen MR) is 68.8 cm³/mol. The van der Waals surface area contributed by atoms with Crippen molar-refractivity contribution >= 4 is 45.0 Å². The smallest absolute Gasteiger partial charge is 0.230 e. The van der Waals surface area contributed by atoms with Gasteiger partial charge in [0.05, 0.1) is 5.02 Å². The molecule has 88 valence electrons. The van der Waals surface area contributed by atoms with Crippen LogP contribution in [0.25, 0.3) is 0 Å². The van der Waals surface area contributed by atoms with Crippen molar-refractivity contribution in [1.82, 2.24) is 9.97 Å². The lowest BCUT2D eigenvalue weighted by Crippen LogP contribution is -2.00. The molecule has 7 heteroatoms. The maximum absolute atomic E-state index is 13.2. The van der Waals surface area contributed by atoms with Crippen LogP contribution in [0.3, 0.4) is 0 Å². The molecule has 0 amide bonds. The first-order chi connectivity index (χ1) is 8.04. The third kappa shape index (κ3) is 3.04. The Labute approximate surface area is 110 Å². The fourth-order valence-electron chi connectivity index (χ4n) is 1.19. The lowest BCUT2D eigenvalue weighted by atomic mass is 10.3. The van der Waals surface area contributed by atoms with Crippen molar-refractivity contribution in [1.29, 1.82) is 0 Å². The standard InChI is InChI=1S/C10H7BrClFN4/c11-8-4-9(14)17-10(16-8)15-5-1-2-6(12)7(13)3-5/h1-4H,(H3,14,15,16,17). The lowest BCUT2D eigenvalue weighted by molar-refractivity contribution is 0.629. The molecular formula is C10H7BrClFN4. The second kappa shape index (κ2) is 4.85. The van der Waals surface area contributed by atoms with Gasteiger partial charge < -0.3 is 11.1 Å². The monoisotopic (exact) mass is 316 g/mol. The van der Waals surface area contributed by atoms with Crippen molar-refractivity contribution in [3.63, 3.8) is 0 Å². The zero-order chi connectivity index (χ0) is 12.4. The largest absolute Gasteiger partial charge is 0.383 e. The summed E-state index contributed by atoms with van der Waals surface area (Å²) in [6.07, 6.45) is 0. The van der Waals surface area contributed by atoms with Gasteiger partial charge in [0, 0.05) is 11.8 Å². The van der Waals surface area contributed by atoms with Crippen LogP contribution in [0.4, 0.5) is 21.8 Å². The molecule has 1 heterocycles. The predicted octanol–water partition coefficient (Wildman–Crippen LogP) is 3.36. The second-order valence-corrected chi connectivity index (χ2v) is 4.41.